The summed E-state index contributed by atoms with van der Waals surface area (Å²) in [5, 5.41) is 12.5. The lowest BCUT2D eigenvalue weighted by atomic mass is 9.78. The Kier molecular flexibility index (Phi) is 6.21. The van der Waals surface area contributed by atoms with Gasteiger partial charge in [-0.05, 0) is 37.3 Å². The quantitative estimate of drug-likeness (QED) is 0.742. The van der Waals surface area contributed by atoms with Crippen LogP contribution in [0.3, 0.4) is 0 Å². The zero-order valence-corrected chi connectivity index (χ0v) is 12.5. The van der Waals surface area contributed by atoms with E-state index in [1.165, 1.54) is 6.42 Å². The molecular weight excluding hydrogens is 264 g/mol. The Hall–Kier alpha value is -1.39. The van der Waals surface area contributed by atoms with Crippen LogP contribution < -0.4 is 11.1 Å². The normalized spacial score (nSPS) is 23.5. The number of aliphatic hydroxyl groups excluding tert-OH is 1. The first-order valence-corrected chi connectivity index (χ1v) is 7.89. The molecule has 0 radical (unpaired) electrons. The van der Waals surface area contributed by atoms with Gasteiger partial charge in [0, 0.05) is 5.92 Å². The fourth-order valence-corrected chi connectivity index (χ4v) is 3.20. The lowest BCUT2D eigenvalue weighted by Gasteiger charge is -2.31. The minimum absolute atomic E-state index is 0.00794. The Morgan fingerprint density at radius 1 is 1.29 bits per heavy atom. The largest absolute Gasteiger partial charge is 0.394 e. The minimum atomic E-state index is -0.222. The number of nitrogens with one attached hydrogen (secondary N) is 1. The van der Waals surface area contributed by atoms with Crippen LogP contribution in [0, 0.1) is 11.8 Å². The summed E-state index contributed by atoms with van der Waals surface area (Å²) in [7, 11) is 0. The second-order valence-electron chi connectivity index (χ2n) is 5.96. The average molecular weight is 290 g/mol. The highest BCUT2D eigenvalue weighted by Crippen LogP contribution is 2.29. The third-order valence-corrected chi connectivity index (χ3v) is 4.44. The monoisotopic (exact) mass is 290 g/mol. The summed E-state index contributed by atoms with van der Waals surface area (Å²) < 4.78 is 0. The van der Waals surface area contributed by atoms with Crippen molar-refractivity contribution in [1.82, 2.24) is 5.32 Å². The van der Waals surface area contributed by atoms with Gasteiger partial charge in [0.05, 0.1) is 12.6 Å². The average Bonchev–Trinajstić information content (AvgIpc) is 2.55. The van der Waals surface area contributed by atoms with E-state index in [0.717, 1.165) is 24.8 Å². The molecule has 1 aliphatic rings. The van der Waals surface area contributed by atoms with Crippen molar-refractivity contribution in [2.45, 2.75) is 38.1 Å². The standard InChI is InChI=1S/C17H26N2O2/c18-11-14-8-4-5-9-16(14)17(21)19-15(12-20)10-13-6-2-1-3-7-13/h1-3,6-7,14-16,20H,4-5,8-12,18H2,(H,19,21)/t14?,15-,16?/m1/s1. The molecule has 116 valence electrons. The van der Waals surface area contributed by atoms with Crippen LogP contribution in [0.15, 0.2) is 30.3 Å². The SMILES string of the molecule is NCC1CCCCC1C(=O)N[C@@H](CO)Cc1ccccc1. The van der Waals surface area contributed by atoms with Gasteiger partial charge < -0.3 is 16.2 Å². The highest BCUT2D eigenvalue weighted by atomic mass is 16.3. The van der Waals surface area contributed by atoms with Gasteiger partial charge in [0.2, 0.25) is 5.91 Å². The molecule has 0 spiro atoms. The number of amides is 1. The molecule has 3 atom stereocenters. The molecule has 1 aliphatic carbocycles. The lowest BCUT2D eigenvalue weighted by Crippen LogP contribution is -2.46. The molecule has 4 nitrogen and oxygen atoms in total. The van der Waals surface area contributed by atoms with E-state index in [-0.39, 0.29) is 30.4 Å². The molecule has 4 heteroatoms. The van der Waals surface area contributed by atoms with Gasteiger partial charge in [-0.1, -0.05) is 43.2 Å². The molecule has 1 amide bonds. The predicted octanol–water partition coefficient (Wildman–Crippen LogP) is 1.47. The first kappa shape index (κ1) is 16.0. The highest BCUT2D eigenvalue weighted by molar-refractivity contribution is 5.79. The molecule has 2 rings (SSSR count). The Balaban J connectivity index is 1.92. The van der Waals surface area contributed by atoms with Crippen LogP contribution >= 0.6 is 0 Å². The van der Waals surface area contributed by atoms with E-state index in [0.29, 0.717) is 13.0 Å². The number of carbonyl (C=O) groups is 1. The minimum Gasteiger partial charge on any atom is -0.394 e. The van der Waals surface area contributed by atoms with Gasteiger partial charge in [0.15, 0.2) is 0 Å². The fourth-order valence-electron chi connectivity index (χ4n) is 3.20. The second kappa shape index (κ2) is 8.15. The van der Waals surface area contributed by atoms with Crippen LogP contribution in [-0.4, -0.2) is 30.2 Å². The molecule has 0 aliphatic heterocycles. The summed E-state index contributed by atoms with van der Waals surface area (Å²) in [4.78, 5) is 12.4. The van der Waals surface area contributed by atoms with Crippen molar-refractivity contribution < 1.29 is 9.90 Å². The lowest BCUT2D eigenvalue weighted by molar-refractivity contribution is -0.128. The molecule has 21 heavy (non-hydrogen) atoms. The number of rotatable bonds is 6. The van der Waals surface area contributed by atoms with Crippen LogP contribution in [0.25, 0.3) is 0 Å². The summed E-state index contributed by atoms with van der Waals surface area (Å²) in [6.07, 6.45) is 4.87. The summed E-state index contributed by atoms with van der Waals surface area (Å²) in [5.74, 6) is 0.350. The number of carbonyl (C=O) groups excluding carboxylic acids is 1. The van der Waals surface area contributed by atoms with Crippen molar-refractivity contribution in [2.75, 3.05) is 13.2 Å². The van der Waals surface area contributed by atoms with Crippen molar-refractivity contribution in [1.29, 1.82) is 0 Å². The number of nitrogens with two attached hydrogens (primary N) is 1. The summed E-state index contributed by atoms with van der Waals surface area (Å²) in [6.45, 7) is 0.529. The molecule has 4 N–H and O–H groups in total. The first-order valence-electron chi connectivity index (χ1n) is 7.89. The van der Waals surface area contributed by atoms with E-state index in [4.69, 9.17) is 5.73 Å². The highest BCUT2D eigenvalue weighted by Gasteiger charge is 2.30. The molecule has 0 heterocycles. The van der Waals surface area contributed by atoms with Gasteiger partial charge in [-0.3, -0.25) is 4.79 Å². The molecule has 1 fully saturated rings. The van der Waals surface area contributed by atoms with Crippen molar-refractivity contribution in [3.63, 3.8) is 0 Å². The van der Waals surface area contributed by atoms with Crippen LogP contribution in [0.5, 0.6) is 0 Å². The molecule has 1 aromatic carbocycles. The number of hydrogen-bond acceptors (Lipinski definition) is 3. The summed E-state index contributed by atoms with van der Waals surface area (Å²) >= 11 is 0. The van der Waals surface area contributed by atoms with E-state index < -0.39 is 0 Å². The zero-order valence-electron chi connectivity index (χ0n) is 12.5. The van der Waals surface area contributed by atoms with Crippen LogP contribution in [0.1, 0.15) is 31.2 Å². The maximum absolute atomic E-state index is 12.4. The first-order chi connectivity index (χ1) is 10.2. The summed E-state index contributed by atoms with van der Waals surface area (Å²) in [6, 6.07) is 9.70. The van der Waals surface area contributed by atoms with E-state index in [9.17, 15) is 9.90 Å². The van der Waals surface area contributed by atoms with Gasteiger partial charge in [-0.25, -0.2) is 0 Å². The van der Waals surface area contributed by atoms with E-state index in [1.54, 1.807) is 0 Å². The second-order valence-corrected chi connectivity index (χ2v) is 5.96. The molecule has 0 saturated heterocycles. The maximum Gasteiger partial charge on any atom is 0.223 e. The Morgan fingerprint density at radius 2 is 2.00 bits per heavy atom. The van der Waals surface area contributed by atoms with Crippen molar-refractivity contribution in [3.05, 3.63) is 35.9 Å². The molecule has 1 saturated carbocycles. The maximum atomic E-state index is 12.4. The Morgan fingerprint density at radius 3 is 2.67 bits per heavy atom. The van der Waals surface area contributed by atoms with Gasteiger partial charge in [0.25, 0.3) is 0 Å². The number of benzene rings is 1. The van der Waals surface area contributed by atoms with Crippen LogP contribution in [0.4, 0.5) is 0 Å². The number of hydrogen-bond donors (Lipinski definition) is 3. The zero-order chi connectivity index (χ0) is 15.1. The molecule has 2 unspecified atom stereocenters. The van der Waals surface area contributed by atoms with E-state index in [1.807, 2.05) is 30.3 Å². The van der Waals surface area contributed by atoms with E-state index >= 15 is 0 Å². The molecular formula is C17H26N2O2. The van der Waals surface area contributed by atoms with Crippen LogP contribution in [0.2, 0.25) is 0 Å². The van der Waals surface area contributed by atoms with Gasteiger partial charge in [-0.2, -0.15) is 0 Å². The third-order valence-electron chi connectivity index (χ3n) is 4.44. The Bertz CT molecular complexity index is 436. The summed E-state index contributed by atoms with van der Waals surface area (Å²) in [5.41, 5.74) is 6.91. The van der Waals surface area contributed by atoms with Crippen molar-refractivity contribution in [3.8, 4) is 0 Å². The molecule has 1 aromatic rings. The topological polar surface area (TPSA) is 75.4 Å². The molecule has 0 aromatic heterocycles. The molecule has 0 bridgehead atoms. The van der Waals surface area contributed by atoms with Crippen LogP contribution in [-0.2, 0) is 11.2 Å². The van der Waals surface area contributed by atoms with E-state index in [2.05, 4.69) is 5.32 Å². The van der Waals surface area contributed by atoms with Crippen molar-refractivity contribution in [2.24, 2.45) is 17.6 Å². The third kappa shape index (κ3) is 4.55. The van der Waals surface area contributed by atoms with Crippen molar-refractivity contribution >= 4 is 5.91 Å². The van der Waals surface area contributed by atoms with Gasteiger partial charge in [-0.15, -0.1) is 0 Å². The fraction of sp³-hybridized carbons (Fsp3) is 0.588. The van der Waals surface area contributed by atoms with Gasteiger partial charge in [0.1, 0.15) is 0 Å². The smallest absolute Gasteiger partial charge is 0.223 e. The Labute approximate surface area is 126 Å². The number of aliphatic hydroxyl groups is 1. The predicted molar refractivity (Wildman–Crippen MR) is 83.7 cm³/mol. The van der Waals surface area contributed by atoms with Gasteiger partial charge >= 0.3 is 0 Å².